The minimum absolute atomic E-state index is 0.0891. The van der Waals surface area contributed by atoms with E-state index in [4.69, 9.17) is 5.73 Å². The molecule has 2 aromatic rings. The normalized spacial score (nSPS) is 22.7. The summed E-state index contributed by atoms with van der Waals surface area (Å²) in [4.78, 5) is 4.59. The van der Waals surface area contributed by atoms with E-state index in [2.05, 4.69) is 11.9 Å². The van der Waals surface area contributed by atoms with Gasteiger partial charge in [-0.1, -0.05) is 19.4 Å². The van der Waals surface area contributed by atoms with Crippen LogP contribution < -0.4 is 5.73 Å². The van der Waals surface area contributed by atoms with Crippen molar-refractivity contribution in [2.24, 2.45) is 11.7 Å². The number of fused-ring (bicyclic) bond motifs is 1. The molecule has 1 aliphatic heterocycles. The van der Waals surface area contributed by atoms with E-state index in [-0.39, 0.29) is 16.9 Å². The molecule has 6 heteroatoms. The summed E-state index contributed by atoms with van der Waals surface area (Å²) >= 11 is 0. The number of hydrogen-bond acceptors (Lipinski definition) is 4. The molecule has 2 N–H and O–H groups in total. The van der Waals surface area contributed by atoms with Crippen molar-refractivity contribution in [1.29, 1.82) is 0 Å². The summed E-state index contributed by atoms with van der Waals surface area (Å²) < 4.78 is 27.8. The van der Waals surface area contributed by atoms with E-state index in [1.807, 2.05) is 25.1 Å². The molecule has 1 saturated heterocycles. The Hall–Kier alpha value is -1.50. The maximum absolute atomic E-state index is 13.1. The molecule has 2 unspecified atom stereocenters. The minimum atomic E-state index is -3.58. The smallest absolute Gasteiger partial charge is 0.245 e. The number of rotatable bonds is 4. The van der Waals surface area contributed by atoms with Crippen LogP contribution in [0.2, 0.25) is 0 Å². The number of pyridine rings is 1. The first-order chi connectivity index (χ1) is 10.9. The van der Waals surface area contributed by atoms with Gasteiger partial charge in [-0.15, -0.1) is 0 Å². The van der Waals surface area contributed by atoms with E-state index >= 15 is 0 Å². The third-order valence-electron chi connectivity index (χ3n) is 4.55. The molecule has 1 aromatic heterocycles. The van der Waals surface area contributed by atoms with Crippen molar-refractivity contribution in [3.05, 3.63) is 36.0 Å². The molecule has 0 saturated carbocycles. The summed E-state index contributed by atoms with van der Waals surface area (Å²) in [7, 11) is -3.58. The molecule has 2 atom stereocenters. The van der Waals surface area contributed by atoms with Gasteiger partial charge in [0, 0.05) is 30.7 Å². The average molecular weight is 333 g/mol. The van der Waals surface area contributed by atoms with Gasteiger partial charge in [0.15, 0.2) is 0 Å². The zero-order valence-electron chi connectivity index (χ0n) is 13.6. The van der Waals surface area contributed by atoms with Crippen molar-refractivity contribution in [3.63, 3.8) is 0 Å². The SMILES string of the molecule is CCCC1CN(S(=O)(=O)c2cc(C)cc3cccnc23)CC1N. The Morgan fingerprint density at radius 2 is 2.13 bits per heavy atom. The van der Waals surface area contributed by atoms with Crippen LogP contribution >= 0.6 is 0 Å². The van der Waals surface area contributed by atoms with E-state index in [9.17, 15) is 8.42 Å². The van der Waals surface area contributed by atoms with Crippen molar-refractivity contribution in [2.45, 2.75) is 37.6 Å². The predicted octanol–water partition coefficient (Wildman–Crippen LogP) is 2.29. The lowest BCUT2D eigenvalue weighted by Crippen LogP contribution is -2.32. The van der Waals surface area contributed by atoms with Gasteiger partial charge >= 0.3 is 0 Å². The quantitative estimate of drug-likeness (QED) is 0.931. The molecule has 3 rings (SSSR count). The maximum atomic E-state index is 13.1. The van der Waals surface area contributed by atoms with Crippen LogP contribution in [-0.2, 0) is 10.0 Å². The van der Waals surface area contributed by atoms with Crippen molar-refractivity contribution < 1.29 is 8.42 Å². The lowest BCUT2D eigenvalue weighted by Gasteiger charge is -2.18. The fourth-order valence-electron chi connectivity index (χ4n) is 3.37. The minimum Gasteiger partial charge on any atom is -0.326 e. The molecule has 0 aliphatic carbocycles. The molecule has 124 valence electrons. The summed E-state index contributed by atoms with van der Waals surface area (Å²) in [6.07, 6.45) is 3.60. The van der Waals surface area contributed by atoms with Crippen LogP contribution in [0.3, 0.4) is 0 Å². The first-order valence-corrected chi connectivity index (χ1v) is 9.48. The van der Waals surface area contributed by atoms with Gasteiger partial charge in [0.1, 0.15) is 4.90 Å². The Morgan fingerprint density at radius 1 is 1.35 bits per heavy atom. The van der Waals surface area contributed by atoms with Crippen molar-refractivity contribution in [1.82, 2.24) is 9.29 Å². The summed E-state index contributed by atoms with van der Waals surface area (Å²) in [6.45, 7) is 4.89. The fourth-order valence-corrected chi connectivity index (χ4v) is 5.15. The zero-order chi connectivity index (χ0) is 16.6. The van der Waals surface area contributed by atoms with Crippen LogP contribution in [0.4, 0.5) is 0 Å². The van der Waals surface area contributed by atoms with Gasteiger partial charge in [-0.05, 0) is 43.0 Å². The Labute approximate surface area is 137 Å². The number of sulfonamides is 1. The molecule has 1 aliphatic rings. The summed E-state index contributed by atoms with van der Waals surface area (Å²) in [5.74, 6) is 0.235. The van der Waals surface area contributed by atoms with Crippen LogP contribution in [0.15, 0.2) is 35.4 Å². The van der Waals surface area contributed by atoms with Crippen molar-refractivity contribution in [3.8, 4) is 0 Å². The third-order valence-corrected chi connectivity index (χ3v) is 6.39. The Kier molecular flexibility index (Phi) is 4.40. The molecule has 23 heavy (non-hydrogen) atoms. The Morgan fingerprint density at radius 3 is 2.87 bits per heavy atom. The number of benzene rings is 1. The monoisotopic (exact) mass is 333 g/mol. The van der Waals surface area contributed by atoms with Crippen LogP contribution in [0.5, 0.6) is 0 Å². The zero-order valence-corrected chi connectivity index (χ0v) is 14.4. The Bertz CT molecular complexity index is 820. The first kappa shape index (κ1) is 16.4. The van der Waals surface area contributed by atoms with Gasteiger partial charge in [-0.3, -0.25) is 4.98 Å². The van der Waals surface area contributed by atoms with Gasteiger partial charge in [-0.2, -0.15) is 4.31 Å². The molecule has 0 spiro atoms. The Balaban J connectivity index is 2.04. The van der Waals surface area contributed by atoms with Crippen LogP contribution in [0, 0.1) is 12.8 Å². The standard InChI is InChI=1S/C17H23N3O2S/c1-3-5-14-10-20(11-15(14)18)23(21,22)16-9-12(2)8-13-6-4-7-19-17(13)16/h4,6-9,14-15H,3,5,10-11,18H2,1-2H3. The number of aryl methyl sites for hydroxylation is 1. The summed E-state index contributed by atoms with van der Waals surface area (Å²) in [5.41, 5.74) is 7.60. The molecule has 1 aromatic carbocycles. The average Bonchev–Trinajstić information content (AvgIpc) is 2.89. The maximum Gasteiger partial charge on any atom is 0.245 e. The number of aromatic nitrogens is 1. The van der Waals surface area contributed by atoms with Gasteiger partial charge in [0.25, 0.3) is 0 Å². The van der Waals surface area contributed by atoms with Crippen molar-refractivity contribution >= 4 is 20.9 Å². The van der Waals surface area contributed by atoms with E-state index in [1.165, 1.54) is 4.31 Å². The van der Waals surface area contributed by atoms with Gasteiger partial charge in [0.05, 0.1) is 5.52 Å². The lowest BCUT2D eigenvalue weighted by atomic mass is 9.99. The highest BCUT2D eigenvalue weighted by Crippen LogP contribution is 2.30. The highest BCUT2D eigenvalue weighted by Gasteiger charge is 2.37. The van der Waals surface area contributed by atoms with Crippen LogP contribution in [0.1, 0.15) is 25.3 Å². The molecular weight excluding hydrogens is 310 g/mol. The molecule has 5 nitrogen and oxygen atoms in total. The largest absolute Gasteiger partial charge is 0.326 e. The van der Waals surface area contributed by atoms with E-state index in [0.717, 1.165) is 23.8 Å². The second kappa shape index (κ2) is 6.19. The first-order valence-electron chi connectivity index (χ1n) is 8.04. The van der Waals surface area contributed by atoms with Crippen LogP contribution in [0.25, 0.3) is 10.9 Å². The van der Waals surface area contributed by atoms with Crippen LogP contribution in [-0.4, -0.2) is 36.8 Å². The predicted molar refractivity (Wildman–Crippen MR) is 91.6 cm³/mol. The third kappa shape index (κ3) is 2.98. The van der Waals surface area contributed by atoms with E-state index in [0.29, 0.717) is 18.6 Å². The second-order valence-corrected chi connectivity index (χ2v) is 8.28. The number of nitrogens with zero attached hydrogens (tertiary/aromatic N) is 2. The molecule has 0 bridgehead atoms. The lowest BCUT2D eigenvalue weighted by molar-refractivity contribution is 0.439. The number of nitrogens with two attached hydrogens (primary N) is 1. The molecule has 1 fully saturated rings. The van der Waals surface area contributed by atoms with Gasteiger partial charge in [-0.25, -0.2) is 8.42 Å². The second-order valence-electron chi connectivity index (χ2n) is 6.37. The van der Waals surface area contributed by atoms with Gasteiger partial charge in [0.2, 0.25) is 10.0 Å². The summed E-state index contributed by atoms with van der Waals surface area (Å²) in [5, 5.41) is 0.847. The molecular formula is C17H23N3O2S. The topological polar surface area (TPSA) is 76.3 Å². The highest BCUT2D eigenvalue weighted by molar-refractivity contribution is 7.89. The molecule has 0 amide bonds. The highest BCUT2D eigenvalue weighted by atomic mass is 32.2. The van der Waals surface area contributed by atoms with Crippen molar-refractivity contribution in [2.75, 3.05) is 13.1 Å². The van der Waals surface area contributed by atoms with Gasteiger partial charge < -0.3 is 5.73 Å². The number of hydrogen-bond donors (Lipinski definition) is 1. The molecule has 2 heterocycles. The van der Waals surface area contributed by atoms with E-state index < -0.39 is 10.0 Å². The fraction of sp³-hybridized carbons (Fsp3) is 0.471. The molecule has 0 radical (unpaired) electrons. The summed E-state index contributed by atoms with van der Waals surface area (Å²) in [6, 6.07) is 7.29. The van der Waals surface area contributed by atoms with E-state index in [1.54, 1.807) is 12.3 Å².